The molecule has 0 heterocycles. The zero-order valence-corrected chi connectivity index (χ0v) is 13.1. The van der Waals surface area contributed by atoms with Crippen molar-refractivity contribution in [3.63, 3.8) is 0 Å². The Balaban J connectivity index is 2.39. The molecule has 26 heavy (non-hydrogen) atoms. The van der Waals surface area contributed by atoms with Crippen LogP contribution in [0.2, 0.25) is 0 Å². The Morgan fingerprint density at radius 3 is 2.54 bits per heavy atom. The number of benzene rings is 2. The van der Waals surface area contributed by atoms with E-state index < -0.39 is 28.7 Å². The van der Waals surface area contributed by atoms with Crippen molar-refractivity contribution in [2.24, 2.45) is 5.73 Å². The Morgan fingerprint density at radius 1 is 1.27 bits per heavy atom. The molecule has 1 unspecified atom stereocenters. The number of carboxylic acid groups (broad SMARTS) is 1. The number of non-ortho nitro benzene ring substituents is 1. The molecular weight excluding hydrogens is 357 g/mol. The third kappa shape index (κ3) is 4.70. The number of ether oxygens (including phenoxy) is 1. The predicted octanol–water partition coefficient (Wildman–Crippen LogP) is 3.36. The van der Waals surface area contributed by atoms with Crippen molar-refractivity contribution in [1.82, 2.24) is 0 Å². The summed E-state index contributed by atoms with van der Waals surface area (Å²) in [6, 6.07) is 6.05. The van der Waals surface area contributed by atoms with Gasteiger partial charge in [0, 0.05) is 24.1 Å². The Labute approximate surface area is 145 Å². The van der Waals surface area contributed by atoms with Crippen molar-refractivity contribution >= 4 is 11.7 Å². The summed E-state index contributed by atoms with van der Waals surface area (Å²) in [6.45, 7) is 0. The molecule has 10 heteroatoms. The number of aliphatic carboxylic acids is 1. The van der Waals surface area contributed by atoms with Crippen molar-refractivity contribution < 1.29 is 32.7 Å². The van der Waals surface area contributed by atoms with Crippen molar-refractivity contribution in [3.05, 3.63) is 63.7 Å². The minimum absolute atomic E-state index is 0.0216. The van der Waals surface area contributed by atoms with Crippen molar-refractivity contribution in [2.75, 3.05) is 0 Å². The molecule has 0 aliphatic carbocycles. The van der Waals surface area contributed by atoms with Gasteiger partial charge in [0.2, 0.25) is 0 Å². The average Bonchev–Trinajstić information content (AvgIpc) is 2.55. The summed E-state index contributed by atoms with van der Waals surface area (Å²) < 4.78 is 43.7. The lowest BCUT2D eigenvalue weighted by Crippen LogP contribution is -2.32. The van der Waals surface area contributed by atoms with Gasteiger partial charge in [0.25, 0.3) is 5.69 Å². The highest BCUT2D eigenvalue weighted by atomic mass is 19.4. The van der Waals surface area contributed by atoms with Crippen LogP contribution in [0, 0.1) is 10.1 Å². The van der Waals surface area contributed by atoms with Gasteiger partial charge in [-0.05, 0) is 24.3 Å². The van der Waals surface area contributed by atoms with E-state index in [4.69, 9.17) is 15.6 Å². The van der Waals surface area contributed by atoms with Gasteiger partial charge >= 0.3 is 12.1 Å². The highest BCUT2D eigenvalue weighted by Crippen LogP contribution is 2.34. The second-order valence-corrected chi connectivity index (χ2v) is 5.33. The number of nitro benzene ring substituents is 1. The summed E-state index contributed by atoms with van der Waals surface area (Å²) in [5.41, 5.74) is 4.28. The third-order valence-electron chi connectivity index (χ3n) is 3.40. The lowest BCUT2D eigenvalue weighted by Gasteiger charge is -2.14. The van der Waals surface area contributed by atoms with Crippen LogP contribution in [0.15, 0.2) is 42.5 Å². The fraction of sp³-hybridized carbons (Fsp3) is 0.188. The standard InChI is InChI=1S/C16H13F3N2O5/c17-16(18,19)10-2-1-3-12(8-10)26-14-5-4-11(21(24)25)6-9(14)7-13(20)15(22)23/h1-6,8,13H,7,20H2,(H,22,23). The SMILES string of the molecule is NC(Cc1cc([N+](=O)[O-])ccc1Oc1cccc(C(F)(F)F)c1)C(=O)O. The molecule has 0 fully saturated rings. The van der Waals surface area contributed by atoms with Gasteiger partial charge in [-0.15, -0.1) is 0 Å². The Kier molecular flexibility index (Phi) is 5.46. The molecule has 138 valence electrons. The summed E-state index contributed by atoms with van der Waals surface area (Å²) in [6.07, 6.45) is -4.87. The molecular formula is C16H13F3N2O5. The lowest BCUT2D eigenvalue weighted by atomic mass is 10.0. The van der Waals surface area contributed by atoms with E-state index in [1.165, 1.54) is 12.1 Å². The highest BCUT2D eigenvalue weighted by molar-refractivity contribution is 5.73. The van der Waals surface area contributed by atoms with Crippen LogP contribution in [0.4, 0.5) is 18.9 Å². The molecule has 0 aliphatic heterocycles. The average molecular weight is 370 g/mol. The van der Waals surface area contributed by atoms with E-state index in [9.17, 15) is 28.1 Å². The molecule has 0 aliphatic rings. The number of hydrogen-bond acceptors (Lipinski definition) is 5. The monoisotopic (exact) mass is 370 g/mol. The fourth-order valence-corrected chi connectivity index (χ4v) is 2.13. The summed E-state index contributed by atoms with van der Waals surface area (Å²) in [5, 5.41) is 19.8. The highest BCUT2D eigenvalue weighted by Gasteiger charge is 2.30. The Hall–Kier alpha value is -3.14. The number of carbonyl (C=O) groups is 1. The summed E-state index contributed by atoms with van der Waals surface area (Å²) in [5.74, 6) is -1.51. The van der Waals surface area contributed by atoms with Crippen molar-refractivity contribution in [3.8, 4) is 11.5 Å². The molecule has 0 bridgehead atoms. The molecule has 0 aromatic heterocycles. The van der Waals surface area contributed by atoms with E-state index in [1.54, 1.807) is 0 Å². The van der Waals surface area contributed by atoms with Gasteiger partial charge in [0.05, 0.1) is 10.5 Å². The second kappa shape index (κ2) is 7.40. The normalized spacial score (nSPS) is 12.5. The van der Waals surface area contributed by atoms with Gasteiger partial charge in [-0.2, -0.15) is 13.2 Å². The van der Waals surface area contributed by atoms with Crippen LogP contribution in [0.25, 0.3) is 0 Å². The number of alkyl halides is 3. The molecule has 0 amide bonds. The summed E-state index contributed by atoms with van der Waals surface area (Å²) in [4.78, 5) is 21.1. The number of carboxylic acids is 1. The van der Waals surface area contributed by atoms with E-state index in [0.717, 1.165) is 30.3 Å². The number of halogens is 3. The first-order valence-corrected chi connectivity index (χ1v) is 7.18. The van der Waals surface area contributed by atoms with Gasteiger partial charge in [0.15, 0.2) is 0 Å². The quantitative estimate of drug-likeness (QED) is 0.595. The first-order valence-electron chi connectivity index (χ1n) is 7.18. The van der Waals surface area contributed by atoms with Gasteiger partial charge < -0.3 is 15.6 Å². The fourth-order valence-electron chi connectivity index (χ4n) is 2.13. The molecule has 2 aromatic carbocycles. The number of hydrogen-bond donors (Lipinski definition) is 2. The Bertz CT molecular complexity index is 839. The zero-order valence-electron chi connectivity index (χ0n) is 13.1. The molecule has 3 N–H and O–H groups in total. The maximum absolute atomic E-state index is 12.8. The van der Waals surface area contributed by atoms with E-state index in [0.29, 0.717) is 0 Å². The van der Waals surface area contributed by atoms with Crippen LogP contribution in [-0.2, 0) is 17.4 Å². The number of rotatable bonds is 6. The second-order valence-electron chi connectivity index (χ2n) is 5.33. The smallest absolute Gasteiger partial charge is 0.416 e. The molecule has 2 aromatic rings. The van der Waals surface area contributed by atoms with E-state index in [2.05, 4.69) is 0 Å². The van der Waals surface area contributed by atoms with Gasteiger partial charge in [0.1, 0.15) is 17.5 Å². The number of nitrogens with two attached hydrogens (primary N) is 1. The first-order chi connectivity index (χ1) is 12.1. The van der Waals surface area contributed by atoms with Crippen molar-refractivity contribution in [1.29, 1.82) is 0 Å². The van der Waals surface area contributed by atoms with E-state index in [-0.39, 0.29) is 29.2 Å². The maximum Gasteiger partial charge on any atom is 0.416 e. The van der Waals surface area contributed by atoms with Crippen molar-refractivity contribution in [2.45, 2.75) is 18.6 Å². The minimum atomic E-state index is -4.57. The predicted molar refractivity (Wildman–Crippen MR) is 83.9 cm³/mol. The topological polar surface area (TPSA) is 116 Å². The molecule has 0 spiro atoms. The molecule has 7 nitrogen and oxygen atoms in total. The largest absolute Gasteiger partial charge is 0.480 e. The van der Waals surface area contributed by atoms with E-state index in [1.807, 2.05) is 0 Å². The minimum Gasteiger partial charge on any atom is -0.480 e. The molecule has 0 saturated heterocycles. The number of nitrogens with zero attached hydrogens (tertiary/aromatic N) is 1. The van der Waals surface area contributed by atoms with Crippen LogP contribution in [0.5, 0.6) is 11.5 Å². The lowest BCUT2D eigenvalue weighted by molar-refractivity contribution is -0.384. The summed E-state index contributed by atoms with van der Waals surface area (Å²) >= 11 is 0. The van der Waals surface area contributed by atoms with Gasteiger partial charge in [-0.1, -0.05) is 6.07 Å². The van der Waals surface area contributed by atoms with E-state index >= 15 is 0 Å². The van der Waals surface area contributed by atoms with Gasteiger partial charge in [-0.3, -0.25) is 14.9 Å². The maximum atomic E-state index is 12.8. The molecule has 0 saturated carbocycles. The van der Waals surface area contributed by atoms with Crippen LogP contribution in [-0.4, -0.2) is 22.0 Å². The molecule has 2 rings (SSSR count). The van der Waals surface area contributed by atoms with Gasteiger partial charge in [-0.25, -0.2) is 0 Å². The van der Waals surface area contributed by atoms with Crippen LogP contribution in [0.1, 0.15) is 11.1 Å². The molecule has 0 radical (unpaired) electrons. The molecule has 1 atom stereocenters. The number of nitro groups is 1. The van der Waals surface area contributed by atoms with Crippen LogP contribution < -0.4 is 10.5 Å². The first kappa shape index (κ1) is 19.2. The summed E-state index contributed by atoms with van der Waals surface area (Å²) in [7, 11) is 0. The third-order valence-corrected chi connectivity index (χ3v) is 3.40. The van der Waals surface area contributed by atoms with Crippen LogP contribution in [0.3, 0.4) is 0 Å². The zero-order chi connectivity index (χ0) is 19.5. The van der Waals surface area contributed by atoms with Crippen LogP contribution >= 0.6 is 0 Å². The Morgan fingerprint density at radius 2 is 1.96 bits per heavy atom.